The Labute approximate surface area is 73.0 Å². The molecule has 1 heterocycles. The Balaban J connectivity index is 2.24. The number of rotatable bonds is 2. The molecule has 0 amide bonds. The maximum atomic E-state index is 4.13. The van der Waals surface area contributed by atoms with E-state index < -0.39 is 0 Å². The van der Waals surface area contributed by atoms with Crippen LogP contribution in [0.25, 0.3) is 0 Å². The van der Waals surface area contributed by atoms with Gasteiger partial charge in [-0.2, -0.15) is 0 Å². The highest BCUT2D eigenvalue weighted by molar-refractivity contribution is 5.32. The predicted molar refractivity (Wildman–Crippen MR) is 49.2 cm³/mol. The molecule has 12 heavy (non-hydrogen) atoms. The number of aryl methyl sites for hydroxylation is 1. The number of hydrogen-bond acceptors (Lipinski definition) is 2. The van der Waals surface area contributed by atoms with Crippen LogP contribution in [-0.4, -0.2) is 18.6 Å². The van der Waals surface area contributed by atoms with Crippen LogP contribution >= 0.6 is 0 Å². The van der Waals surface area contributed by atoms with Gasteiger partial charge in [0, 0.05) is 18.9 Å². The molecule has 1 aromatic rings. The molecule has 1 aliphatic carbocycles. The third-order valence-corrected chi connectivity index (χ3v) is 2.59. The van der Waals surface area contributed by atoms with Gasteiger partial charge in [0.1, 0.15) is 0 Å². The van der Waals surface area contributed by atoms with Gasteiger partial charge in [0.25, 0.3) is 0 Å². The SMILES string of the molecule is CNCC1CCc2cnccc21. The first-order chi connectivity index (χ1) is 5.92. The molecule has 0 bridgehead atoms. The van der Waals surface area contributed by atoms with Gasteiger partial charge < -0.3 is 5.32 Å². The predicted octanol–water partition coefficient (Wildman–Crippen LogP) is 1.33. The van der Waals surface area contributed by atoms with Crippen molar-refractivity contribution < 1.29 is 0 Å². The molecular formula is C10H14N2. The minimum atomic E-state index is 0.716. The highest BCUT2D eigenvalue weighted by Gasteiger charge is 2.20. The molecule has 1 atom stereocenters. The molecule has 0 saturated heterocycles. The second-order valence-corrected chi connectivity index (χ2v) is 3.37. The fourth-order valence-electron chi connectivity index (χ4n) is 1.99. The second-order valence-electron chi connectivity index (χ2n) is 3.37. The van der Waals surface area contributed by atoms with Gasteiger partial charge in [-0.1, -0.05) is 0 Å². The summed E-state index contributed by atoms with van der Waals surface area (Å²) in [5.74, 6) is 0.716. The smallest absolute Gasteiger partial charge is 0.0302 e. The van der Waals surface area contributed by atoms with Crippen molar-refractivity contribution in [2.75, 3.05) is 13.6 Å². The van der Waals surface area contributed by atoms with Gasteiger partial charge in [0.15, 0.2) is 0 Å². The van der Waals surface area contributed by atoms with E-state index in [9.17, 15) is 0 Å². The standard InChI is InChI=1S/C10H14N2/c1-11-6-8-2-3-9-7-12-5-4-10(8)9/h4-5,7-8,11H,2-3,6H2,1H3. The van der Waals surface area contributed by atoms with Crippen LogP contribution in [0.5, 0.6) is 0 Å². The Hall–Kier alpha value is -0.890. The van der Waals surface area contributed by atoms with Gasteiger partial charge in [0.2, 0.25) is 0 Å². The van der Waals surface area contributed by atoms with Crippen LogP contribution in [0.15, 0.2) is 18.5 Å². The van der Waals surface area contributed by atoms with Crippen molar-refractivity contribution in [2.24, 2.45) is 0 Å². The number of nitrogens with zero attached hydrogens (tertiary/aromatic N) is 1. The molecular weight excluding hydrogens is 148 g/mol. The van der Waals surface area contributed by atoms with Crippen LogP contribution in [0, 0.1) is 0 Å². The lowest BCUT2D eigenvalue weighted by molar-refractivity contribution is 0.623. The lowest BCUT2D eigenvalue weighted by Crippen LogP contribution is -2.14. The number of fused-ring (bicyclic) bond motifs is 1. The number of nitrogens with one attached hydrogen (secondary N) is 1. The van der Waals surface area contributed by atoms with Gasteiger partial charge in [-0.05, 0) is 43.0 Å². The molecule has 0 aromatic carbocycles. The lowest BCUT2D eigenvalue weighted by Gasteiger charge is -2.09. The third-order valence-electron chi connectivity index (χ3n) is 2.59. The highest BCUT2D eigenvalue weighted by atomic mass is 14.8. The van der Waals surface area contributed by atoms with E-state index in [-0.39, 0.29) is 0 Å². The summed E-state index contributed by atoms with van der Waals surface area (Å²) >= 11 is 0. The molecule has 0 saturated carbocycles. The first-order valence-electron chi connectivity index (χ1n) is 4.49. The van der Waals surface area contributed by atoms with E-state index in [4.69, 9.17) is 0 Å². The molecule has 1 aromatic heterocycles. The van der Waals surface area contributed by atoms with Crippen LogP contribution in [0.1, 0.15) is 23.5 Å². The summed E-state index contributed by atoms with van der Waals surface area (Å²) in [6.07, 6.45) is 6.38. The normalized spacial score (nSPS) is 20.9. The Kier molecular flexibility index (Phi) is 2.09. The van der Waals surface area contributed by atoms with Crippen LogP contribution in [0.4, 0.5) is 0 Å². The topological polar surface area (TPSA) is 24.9 Å². The van der Waals surface area contributed by atoms with Crippen molar-refractivity contribution in [1.82, 2.24) is 10.3 Å². The summed E-state index contributed by atoms with van der Waals surface area (Å²) in [4.78, 5) is 4.13. The van der Waals surface area contributed by atoms with Gasteiger partial charge in [-0.25, -0.2) is 0 Å². The summed E-state index contributed by atoms with van der Waals surface area (Å²) in [5, 5.41) is 3.23. The maximum absolute atomic E-state index is 4.13. The summed E-state index contributed by atoms with van der Waals surface area (Å²) in [5.41, 5.74) is 2.94. The molecule has 1 aliphatic rings. The first-order valence-corrected chi connectivity index (χ1v) is 4.49. The van der Waals surface area contributed by atoms with Crippen molar-refractivity contribution in [3.05, 3.63) is 29.6 Å². The zero-order valence-corrected chi connectivity index (χ0v) is 7.38. The molecule has 1 N–H and O–H groups in total. The molecule has 2 rings (SSSR count). The van der Waals surface area contributed by atoms with Crippen LogP contribution in [0.3, 0.4) is 0 Å². The van der Waals surface area contributed by atoms with Crippen molar-refractivity contribution in [2.45, 2.75) is 18.8 Å². The van der Waals surface area contributed by atoms with E-state index in [0.29, 0.717) is 5.92 Å². The van der Waals surface area contributed by atoms with Gasteiger partial charge in [0.05, 0.1) is 0 Å². The average Bonchev–Trinajstić information content (AvgIpc) is 2.50. The van der Waals surface area contributed by atoms with E-state index in [1.807, 2.05) is 19.4 Å². The number of pyridine rings is 1. The van der Waals surface area contributed by atoms with E-state index in [1.54, 1.807) is 0 Å². The monoisotopic (exact) mass is 162 g/mol. The number of hydrogen-bond donors (Lipinski definition) is 1. The zero-order chi connectivity index (χ0) is 8.39. The Bertz CT molecular complexity index is 268. The van der Waals surface area contributed by atoms with E-state index in [2.05, 4.69) is 16.4 Å². The Morgan fingerprint density at radius 2 is 2.58 bits per heavy atom. The summed E-state index contributed by atoms with van der Waals surface area (Å²) in [6, 6.07) is 2.16. The molecule has 0 aliphatic heterocycles. The summed E-state index contributed by atoms with van der Waals surface area (Å²) in [6.45, 7) is 1.09. The zero-order valence-electron chi connectivity index (χ0n) is 7.38. The fourth-order valence-corrected chi connectivity index (χ4v) is 1.99. The van der Waals surface area contributed by atoms with Crippen molar-refractivity contribution in [1.29, 1.82) is 0 Å². The van der Waals surface area contributed by atoms with Crippen molar-refractivity contribution in [3.63, 3.8) is 0 Å². The van der Waals surface area contributed by atoms with Crippen molar-refractivity contribution >= 4 is 0 Å². The largest absolute Gasteiger partial charge is 0.319 e. The molecule has 0 radical (unpaired) electrons. The van der Waals surface area contributed by atoms with E-state index in [1.165, 1.54) is 24.0 Å². The first kappa shape index (κ1) is 7.74. The third kappa shape index (κ3) is 1.23. The lowest BCUT2D eigenvalue weighted by atomic mass is 10.0. The van der Waals surface area contributed by atoms with Gasteiger partial charge >= 0.3 is 0 Å². The van der Waals surface area contributed by atoms with Crippen LogP contribution < -0.4 is 5.32 Å². The molecule has 2 heteroatoms. The van der Waals surface area contributed by atoms with Crippen LogP contribution in [-0.2, 0) is 6.42 Å². The Morgan fingerprint density at radius 1 is 1.67 bits per heavy atom. The molecule has 64 valence electrons. The second kappa shape index (κ2) is 3.23. The molecule has 0 fully saturated rings. The maximum Gasteiger partial charge on any atom is 0.0302 e. The average molecular weight is 162 g/mol. The Morgan fingerprint density at radius 3 is 3.42 bits per heavy atom. The number of aromatic nitrogens is 1. The minimum Gasteiger partial charge on any atom is -0.319 e. The summed E-state index contributed by atoms with van der Waals surface area (Å²) in [7, 11) is 2.01. The van der Waals surface area contributed by atoms with E-state index >= 15 is 0 Å². The van der Waals surface area contributed by atoms with Gasteiger partial charge in [-0.15, -0.1) is 0 Å². The molecule has 0 spiro atoms. The molecule has 1 unspecified atom stereocenters. The van der Waals surface area contributed by atoms with Crippen molar-refractivity contribution in [3.8, 4) is 0 Å². The summed E-state index contributed by atoms with van der Waals surface area (Å²) < 4.78 is 0. The minimum absolute atomic E-state index is 0.716. The molecule has 2 nitrogen and oxygen atoms in total. The van der Waals surface area contributed by atoms with Crippen LogP contribution in [0.2, 0.25) is 0 Å². The van der Waals surface area contributed by atoms with E-state index in [0.717, 1.165) is 6.54 Å². The fraction of sp³-hybridized carbons (Fsp3) is 0.500. The highest BCUT2D eigenvalue weighted by Crippen LogP contribution is 2.31. The number of likely N-dealkylation sites (N-methyl/N-ethyl adjacent to an activating group) is 1. The van der Waals surface area contributed by atoms with Gasteiger partial charge in [-0.3, -0.25) is 4.98 Å². The quantitative estimate of drug-likeness (QED) is 0.709.